The summed E-state index contributed by atoms with van der Waals surface area (Å²) < 4.78 is 21.9. The number of morpholine rings is 2. The van der Waals surface area contributed by atoms with Gasteiger partial charge in [-0.05, 0) is 72.5 Å². The van der Waals surface area contributed by atoms with Crippen molar-refractivity contribution in [1.29, 1.82) is 0 Å². The number of methoxy groups -OCH3 is 2. The first-order valence-corrected chi connectivity index (χ1v) is 18.8. The molecule has 0 N–H and O–H groups in total. The first-order valence-electron chi connectivity index (χ1n) is 18.8. The van der Waals surface area contributed by atoms with Crippen LogP contribution in [0.25, 0.3) is 11.3 Å². The molecule has 0 spiro atoms. The van der Waals surface area contributed by atoms with Crippen LogP contribution < -0.4 is 24.2 Å². The van der Waals surface area contributed by atoms with Crippen LogP contribution in [-0.2, 0) is 29.0 Å². The molecule has 13 nitrogen and oxygen atoms in total. The van der Waals surface area contributed by atoms with Crippen molar-refractivity contribution in [3.8, 4) is 22.8 Å². The van der Waals surface area contributed by atoms with Crippen molar-refractivity contribution in [3.05, 3.63) is 107 Å². The number of amides is 1. The summed E-state index contributed by atoms with van der Waals surface area (Å²) in [6.45, 7) is 9.00. The predicted octanol–water partition coefficient (Wildman–Crippen LogP) is 5.47. The van der Waals surface area contributed by atoms with Gasteiger partial charge in [0.15, 0.2) is 0 Å². The van der Waals surface area contributed by atoms with E-state index in [2.05, 4.69) is 45.9 Å². The lowest BCUT2D eigenvalue weighted by Gasteiger charge is -2.29. The molecule has 3 aliphatic rings. The smallest absolute Gasteiger partial charge is 0.254 e. The number of fused-ring (bicyclic) bond motifs is 1. The zero-order chi connectivity index (χ0) is 37.7. The molecule has 0 aliphatic carbocycles. The molecular formula is C42H46N8O5. The normalized spacial score (nSPS) is 15.5. The van der Waals surface area contributed by atoms with Crippen LogP contribution in [-0.4, -0.2) is 104 Å². The maximum atomic E-state index is 13.3. The van der Waals surface area contributed by atoms with E-state index >= 15 is 0 Å². The Morgan fingerprint density at radius 2 is 1.36 bits per heavy atom. The van der Waals surface area contributed by atoms with Gasteiger partial charge in [0.25, 0.3) is 5.91 Å². The molecule has 0 radical (unpaired) electrons. The van der Waals surface area contributed by atoms with Gasteiger partial charge in [0.05, 0.1) is 46.3 Å². The van der Waals surface area contributed by atoms with E-state index in [1.807, 2.05) is 59.8 Å². The Morgan fingerprint density at radius 1 is 0.764 bits per heavy atom. The first-order chi connectivity index (χ1) is 27.0. The van der Waals surface area contributed by atoms with Gasteiger partial charge < -0.3 is 38.5 Å². The Bertz CT molecular complexity index is 2050. The van der Waals surface area contributed by atoms with Gasteiger partial charge in [-0.25, -0.2) is 15.0 Å². The third-order valence-electron chi connectivity index (χ3n) is 10.4. The Balaban J connectivity index is 1.12. The van der Waals surface area contributed by atoms with Crippen LogP contribution in [0.5, 0.6) is 11.5 Å². The molecule has 0 unspecified atom stereocenters. The van der Waals surface area contributed by atoms with E-state index in [1.165, 1.54) is 0 Å². The summed E-state index contributed by atoms with van der Waals surface area (Å²) in [6.07, 6.45) is 4.51. The minimum atomic E-state index is 0.0361. The van der Waals surface area contributed by atoms with E-state index < -0.39 is 0 Å². The highest BCUT2D eigenvalue weighted by Crippen LogP contribution is 2.40. The maximum absolute atomic E-state index is 13.3. The van der Waals surface area contributed by atoms with Crippen LogP contribution in [0.1, 0.15) is 32.6 Å². The van der Waals surface area contributed by atoms with Crippen molar-refractivity contribution < 1.29 is 23.7 Å². The van der Waals surface area contributed by atoms with Crippen molar-refractivity contribution in [2.75, 3.05) is 88.1 Å². The molecule has 0 atom stereocenters. The van der Waals surface area contributed by atoms with E-state index in [0.29, 0.717) is 83.2 Å². The molecule has 55 heavy (non-hydrogen) atoms. The number of carbonyl (C=O) groups is 1. The number of rotatable bonds is 11. The SMILES string of the molecule is COc1ccc(CN(Cc2ccc(OC)cc2)c2ncc(-c3nc(N4CCOCC4)nc4c3CCN4c3ccc(C(=O)N4CCOCC4)cc3C)cn2)cc1. The average Bonchev–Trinajstić information content (AvgIpc) is 3.68. The third-order valence-corrected chi connectivity index (χ3v) is 10.4. The van der Waals surface area contributed by atoms with Gasteiger partial charge in [0.1, 0.15) is 17.3 Å². The van der Waals surface area contributed by atoms with Crippen LogP contribution in [0.15, 0.2) is 79.1 Å². The number of carbonyl (C=O) groups excluding carboxylic acids is 1. The molecule has 13 heteroatoms. The minimum absolute atomic E-state index is 0.0361. The maximum Gasteiger partial charge on any atom is 0.254 e. The van der Waals surface area contributed by atoms with Crippen molar-refractivity contribution in [2.24, 2.45) is 0 Å². The summed E-state index contributed by atoms with van der Waals surface area (Å²) in [5.74, 6) is 3.79. The minimum Gasteiger partial charge on any atom is -0.497 e. The van der Waals surface area contributed by atoms with Gasteiger partial charge >= 0.3 is 0 Å². The second-order valence-electron chi connectivity index (χ2n) is 13.9. The molecule has 2 aromatic heterocycles. The topological polar surface area (TPSA) is 119 Å². The van der Waals surface area contributed by atoms with Gasteiger partial charge in [-0.15, -0.1) is 0 Å². The number of anilines is 4. The fourth-order valence-corrected chi connectivity index (χ4v) is 7.37. The highest BCUT2D eigenvalue weighted by Gasteiger charge is 2.31. The molecule has 8 rings (SSSR count). The van der Waals surface area contributed by atoms with E-state index in [9.17, 15) is 4.79 Å². The van der Waals surface area contributed by atoms with Gasteiger partial charge in [-0.2, -0.15) is 4.98 Å². The average molecular weight is 743 g/mol. The third kappa shape index (κ3) is 7.89. The highest BCUT2D eigenvalue weighted by atomic mass is 16.5. The summed E-state index contributed by atoms with van der Waals surface area (Å²) in [7, 11) is 3.34. The lowest BCUT2D eigenvalue weighted by molar-refractivity contribution is 0.0303. The molecule has 5 heterocycles. The fourth-order valence-electron chi connectivity index (χ4n) is 7.37. The van der Waals surface area contributed by atoms with Gasteiger partial charge in [-0.1, -0.05) is 24.3 Å². The lowest BCUT2D eigenvalue weighted by atomic mass is 10.1. The molecule has 5 aromatic rings. The number of aryl methyl sites for hydroxylation is 1. The standard InChI is InChI=1S/C42H46N8O5/c1-29-24-32(40(51)47-16-20-54-21-17-47)8-13-37(29)50-15-14-36-38(45-42(46-39(36)50)48-18-22-55-23-19-48)33-25-43-41(44-26-33)49(27-30-4-9-34(52-2)10-5-30)28-31-6-11-35(53-3)12-7-31/h4-13,24-26H,14-23,27-28H2,1-3H3. The largest absolute Gasteiger partial charge is 0.497 e. The Labute approximate surface area is 321 Å². The number of aromatic nitrogens is 4. The number of hydrogen-bond acceptors (Lipinski definition) is 12. The molecule has 284 valence electrons. The van der Waals surface area contributed by atoms with E-state index in [-0.39, 0.29) is 5.91 Å². The summed E-state index contributed by atoms with van der Waals surface area (Å²) in [5.41, 5.74) is 7.65. The Hall–Kier alpha value is -5.79. The number of benzene rings is 3. The van der Waals surface area contributed by atoms with E-state index in [4.69, 9.17) is 38.9 Å². The van der Waals surface area contributed by atoms with Crippen molar-refractivity contribution in [2.45, 2.75) is 26.4 Å². The Kier molecular flexibility index (Phi) is 10.7. The van der Waals surface area contributed by atoms with Crippen molar-refractivity contribution in [3.63, 3.8) is 0 Å². The summed E-state index contributed by atoms with van der Waals surface area (Å²) in [6, 6.07) is 22.1. The molecular weight excluding hydrogens is 697 g/mol. The second-order valence-corrected chi connectivity index (χ2v) is 13.9. The van der Waals surface area contributed by atoms with Gasteiger partial charge in [-0.3, -0.25) is 4.79 Å². The molecule has 0 saturated carbocycles. The molecule has 2 saturated heterocycles. The van der Waals surface area contributed by atoms with Crippen LogP contribution in [0, 0.1) is 6.92 Å². The summed E-state index contributed by atoms with van der Waals surface area (Å²) >= 11 is 0. The first kappa shape index (κ1) is 36.2. The molecule has 1 amide bonds. The monoisotopic (exact) mass is 742 g/mol. The summed E-state index contributed by atoms with van der Waals surface area (Å²) in [5, 5.41) is 0. The molecule has 3 aromatic carbocycles. The highest BCUT2D eigenvalue weighted by molar-refractivity contribution is 5.95. The quantitative estimate of drug-likeness (QED) is 0.171. The van der Waals surface area contributed by atoms with E-state index in [0.717, 1.165) is 69.5 Å². The second kappa shape index (κ2) is 16.3. The van der Waals surface area contributed by atoms with Crippen LogP contribution >= 0.6 is 0 Å². The predicted molar refractivity (Wildman–Crippen MR) is 211 cm³/mol. The lowest BCUT2D eigenvalue weighted by Crippen LogP contribution is -2.40. The molecule has 0 bridgehead atoms. The summed E-state index contributed by atoms with van der Waals surface area (Å²) in [4.78, 5) is 42.0. The zero-order valence-electron chi connectivity index (χ0n) is 31.6. The number of hydrogen-bond donors (Lipinski definition) is 0. The van der Waals surface area contributed by atoms with Gasteiger partial charge in [0.2, 0.25) is 11.9 Å². The van der Waals surface area contributed by atoms with Gasteiger partial charge in [0, 0.05) is 80.6 Å². The Morgan fingerprint density at radius 3 is 1.95 bits per heavy atom. The van der Waals surface area contributed by atoms with E-state index in [1.54, 1.807) is 14.2 Å². The van der Waals surface area contributed by atoms with Crippen LogP contribution in [0.3, 0.4) is 0 Å². The van der Waals surface area contributed by atoms with Crippen LogP contribution in [0.2, 0.25) is 0 Å². The number of ether oxygens (including phenoxy) is 4. The van der Waals surface area contributed by atoms with Crippen molar-refractivity contribution >= 4 is 29.3 Å². The molecule has 3 aliphatic heterocycles. The molecule has 2 fully saturated rings. The number of nitrogens with zero attached hydrogens (tertiary/aromatic N) is 8. The fraction of sp³-hybridized carbons (Fsp3) is 0.357. The van der Waals surface area contributed by atoms with Crippen molar-refractivity contribution in [1.82, 2.24) is 24.8 Å². The zero-order valence-corrected chi connectivity index (χ0v) is 31.6. The van der Waals surface area contributed by atoms with Crippen LogP contribution in [0.4, 0.5) is 23.4 Å².